The van der Waals surface area contributed by atoms with Crippen molar-refractivity contribution in [3.05, 3.63) is 128 Å². The predicted octanol–water partition coefficient (Wildman–Crippen LogP) is 6.85. The molecule has 1 N–H and O–H groups in total. The number of hydrogen-bond acceptors (Lipinski definition) is 4. The van der Waals surface area contributed by atoms with Crippen molar-refractivity contribution >= 4 is 62.3 Å². The number of amides is 2. The number of anilines is 1. The van der Waals surface area contributed by atoms with Crippen LogP contribution < -0.4 is 9.62 Å². The van der Waals surface area contributed by atoms with Crippen molar-refractivity contribution in [3.8, 4) is 0 Å². The van der Waals surface area contributed by atoms with Crippen LogP contribution in [-0.2, 0) is 32.6 Å². The van der Waals surface area contributed by atoms with Crippen LogP contribution in [0.15, 0.2) is 95.9 Å². The second kappa shape index (κ2) is 14.5. The van der Waals surface area contributed by atoms with Crippen molar-refractivity contribution < 1.29 is 18.0 Å². The lowest BCUT2D eigenvalue weighted by Crippen LogP contribution is -2.53. The van der Waals surface area contributed by atoms with Crippen molar-refractivity contribution in [2.75, 3.05) is 17.9 Å². The first kappa shape index (κ1) is 33.3. The number of carbonyl (C=O) groups is 2. The minimum Gasteiger partial charge on any atom is -0.357 e. The van der Waals surface area contributed by atoms with Crippen LogP contribution in [0.25, 0.3) is 0 Å². The van der Waals surface area contributed by atoms with Crippen molar-refractivity contribution in [2.24, 2.45) is 0 Å². The van der Waals surface area contributed by atoms with Gasteiger partial charge < -0.3 is 10.2 Å². The van der Waals surface area contributed by atoms with Crippen LogP contribution in [0.4, 0.5) is 5.69 Å². The van der Waals surface area contributed by atoms with Crippen LogP contribution in [0.5, 0.6) is 0 Å². The van der Waals surface area contributed by atoms with Gasteiger partial charge in [0.25, 0.3) is 10.0 Å². The Labute approximate surface area is 273 Å². The molecule has 11 heteroatoms. The van der Waals surface area contributed by atoms with Gasteiger partial charge in [0.1, 0.15) is 12.6 Å². The third-order valence-electron chi connectivity index (χ3n) is 7.19. The first-order valence-electron chi connectivity index (χ1n) is 13.7. The zero-order valence-corrected chi connectivity index (χ0v) is 27.5. The van der Waals surface area contributed by atoms with Crippen molar-refractivity contribution in [2.45, 2.75) is 37.8 Å². The van der Waals surface area contributed by atoms with E-state index in [9.17, 15) is 18.0 Å². The number of likely N-dealkylation sites (N-methyl/N-ethyl adjacent to an activating group) is 1. The Hall–Kier alpha value is -3.56. The van der Waals surface area contributed by atoms with Gasteiger partial charge >= 0.3 is 0 Å². The monoisotopic (exact) mass is 671 g/mol. The SMILES string of the molecule is CNC(=O)[C@H](Cc1ccccc1)N(Cc1ccc(Cl)cc1Cl)C(=O)CN(c1ccc(Cl)cc1C)S(=O)(=O)c1ccc(C)cc1. The van der Waals surface area contributed by atoms with Crippen LogP contribution in [0.3, 0.4) is 0 Å². The molecule has 4 rings (SSSR count). The number of nitrogens with one attached hydrogen (secondary N) is 1. The maximum atomic E-state index is 14.4. The van der Waals surface area contributed by atoms with Gasteiger partial charge in [-0.15, -0.1) is 0 Å². The highest BCUT2D eigenvalue weighted by molar-refractivity contribution is 7.92. The molecule has 44 heavy (non-hydrogen) atoms. The maximum absolute atomic E-state index is 14.4. The lowest BCUT2D eigenvalue weighted by molar-refractivity contribution is -0.139. The van der Waals surface area contributed by atoms with Gasteiger partial charge in [0, 0.05) is 35.1 Å². The van der Waals surface area contributed by atoms with Gasteiger partial charge in [0.05, 0.1) is 10.6 Å². The molecule has 0 saturated heterocycles. The highest BCUT2D eigenvalue weighted by atomic mass is 35.5. The number of hydrogen-bond donors (Lipinski definition) is 1. The molecule has 4 aromatic carbocycles. The van der Waals surface area contributed by atoms with Gasteiger partial charge in [-0.3, -0.25) is 13.9 Å². The lowest BCUT2D eigenvalue weighted by atomic mass is 10.0. The maximum Gasteiger partial charge on any atom is 0.264 e. The Bertz CT molecular complexity index is 1750. The average molecular weight is 673 g/mol. The number of rotatable bonds is 11. The molecule has 0 spiro atoms. The average Bonchev–Trinajstić information content (AvgIpc) is 2.99. The van der Waals surface area contributed by atoms with E-state index in [-0.39, 0.29) is 23.5 Å². The summed E-state index contributed by atoms with van der Waals surface area (Å²) in [5, 5.41) is 3.80. The van der Waals surface area contributed by atoms with Gasteiger partial charge in [-0.05, 0) is 73.0 Å². The number of nitrogens with zero attached hydrogens (tertiary/aromatic N) is 2. The third kappa shape index (κ3) is 7.93. The third-order valence-corrected chi connectivity index (χ3v) is 9.78. The van der Waals surface area contributed by atoms with Gasteiger partial charge in [-0.1, -0.05) is 88.9 Å². The van der Waals surface area contributed by atoms with E-state index in [2.05, 4.69) is 5.32 Å². The molecule has 0 heterocycles. The quantitative estimate of drug-likeness (QED) is 0.189. The molecule has 0 aliphatic heterocycles. The zero-order valence-electron chi connectivity index (χ0n) is 24.4. The van der Waals surface area contributed by atoms with Crippen LogP contribution in [0, 0.1) is 13.8 Å². The molecule has 7 nitrogen and oxygen atoms in total. The summed E-state index contributed by atoms with van der Waals surface area (Å²) in [5.74, 6) is -1.02. The highest BCUT2D eigenvalue weighted by Gasteiger charge is 2.35. The van der Waals surface area contributed by atoms with E-state index in [0.717, 1.165) is 15.4 Å². The normalized spacial score (nSPS) is 12.0. The van der Waals surface area contributed by atoms with Crippen molar-refractivity contribution in [1.82, 2.24) is 10.2 Å². The van der Waals surface area contributed by atoms with Gasteiger partial charge in [-0.25, -0.2) is 8.42 Å². The Balaban J connectivity index is 1.83. The van der Waals surface area contributed by atoms with E-state index >= 15 is 0 Å². The Morgan fingerprint density at radius 1 is 0.841 bits per heavy atom. The summed E-state index contributed by atoms with van der Waals surface area (Å²) in [5.41, 5.74) is 3.09. The van der Waals surface area contributed by atoms with Crippen LogP contribution in [-0.4, -0.2) is 44.8 Å². The first-order valence-corrected chi connectivity index (χ1v) is 16.3. The molecule has 0 saturated carbocycles. The smallest absolute Gasteiger partial charge is 0.264 e. The minimum absolute atomic E-state index is 0.0182. The van der Waals surface area contributed by atoms with Gasteiger partial charge in [0.2, 0.25) is 11.8 Å². The summed E-state index contributed by atoms with van der Waals surface area (Å²) in [6.45, 7) is 2.91. The predicted molar refractivity (Wildman–Crippen MR) is 177 cm³/mol. The summed E-state index contributed by atoms with van der Waals surface area (Å²) in [6, 6.07) is 24.3. The summed E-state index contributed by atoms with van der Waals surface area (Å²) in [4.78, 5) is 29.2. The van der Waals surface area contributed by atoms with Crippen LogP contribution in [0.1, 0.15) is 22.3 Å². The molecule has 0 aliphatic carbocycles. The van der Waals surface area contributed by atoms with E-state index in [1.807, 2.05) is 37.3 Å². The second-order valence-electron chi connectivity index (χ2n) is 10.3. The van der Waals surface area contributed by atoms with Crippen LogP contribution in [0.2, 0.25) is 15.1 Å². The number of sulfonamides is 1. The Morgan fingerprint density at radius 3 is 2.09 bits per heavy atom. The molecule has 4 aromatic rings. The summed E-state index contributed by atoms with van der Waals surface area (Å²) in [7, 11) is -2.74. The molecule has 0 unspecified atom stereocenters. The van der Waals surface area contributed by atoms with Gasteiger partial charge in [0.15, 0.2) is 0 Å². The zero-order chi connectivity index (χ0) is 32.0. The molecule has 0 bridgehead atoms. The minimum atomic E-state index is -4.23. The molecule has 230 valence electrons. The van der Waals surface area contributed by atoms with E-state index in [1.165, 1.54) is 24.1 Å². The van der Waals surface area contributed by atoms with Gasteiger partial charge in [-0.2, -0.15) is 0 Å². The standard InChI is InChI=1S/C33H32Cl3N3O4S/c1-22-9-14-28(15-10-22)44(42,43)39(30-16-13-26(34)17-23(30)2)21-32(40)38(20-25-11-12-27(35)19-29(25)36)31(33(41)37-3)18-24-7-5-4-6-8-24/h4-17,19,31H,18,20-21H2,1-3H3,(H,37,41)/t31-/m0/s1. The molecular formula is C33H32Cl3N3O4S. The lowest BCUT2D eigenvalue weighted by Gasteiger charge is -2.34. The fraction of sp³-hybridized carbons (Fsp3) is 0.212. The molecule has 0 aromatic heterocycles. The topological polar surface area (TPSA) is 86.8 Å². The van der Waals surface area contributed by atoms with Crippen LogP contribution >= 0.6 is 34.8 Å². The summed E-state index contributed by atoms with van der Waals surface area (Å²) in [6.07, 6.45) is 0.183. The molecule has 0 fully saturated rings. The van der Waals surface area contributed by atoms with Crippen molar-refractivity contribution in [1.29, 1.82) is 0 Å². The molecule has 1 atom stereocenters. The first-order chi connectivity index (χ1) is 20.9. The number of carbonyl (C=O) groups excluding carboxylic acids is 2. The molecular weight excluding hydrogens is 641 g/mol. The number of halogens is 3. The van der Waals surface area contributed by atoms with E-state index < -0.39 is 34.4 Å². The summed E-state index contributed by atoms with van der Waals surface area (Å²) >= 11 is 18.8. The fourth-order valence-electron chi connectivity index (χ4n) is 4.80. The van der Waals surface area contributed by atoms with Crippen molar-refractivity contribution in [3.63, 3.8) is 0 Å². The Kier molecular flexibility index (Phi) is 11.0. The second-order valence-corrected chi connectivity index (χ2v) is 13.5. The summed E-state index contributed by atoms with van der Waals surface area (Å²) < 4.78 is 29.4. The largest absolute Gasteiger partial charge is 0.357 e. The van der Waals surface area contributed by atoms with E-state index in [0.29, 0.717) is 26.2 Å². The highest BCUT2D eigenvalue weighted by Crippen LogP contribution is 2.30. The molecule has 0 radical (unpaired) electrons. The Morgan fingerprint density at radius 2 is 1.48 bits per heavy atom. The van der Waals surface area contributed by atoms with E-state index in [4.69, 9.17) is 34.8 Å². The number of aryl methyl sites for hydroxylation is 2. The fourth-order valence-corrected chi connectivity index (χ4v) is 6.98. The number of benzene rings is 4. The molecule has 0 aliphatic rings. The molecule has 2 amide bonds. The van der Waals surface area contributed by atoms with E-state index in [1.54, 1.807) is 55.5 Å².